The molecule has 3 rings (SSSR count). The van der Waals surface area contributed by atoms with Gasteiger partial charge in [-0.3, -0.25) is 9.69 Å². The van der Waals surface area contributed by atoms with Gasteiger partial charge in [-0.2, -0.15) is 0 Å². The average molecular weight is 367 g/mol. The Morgan fingerprint density at radius 2 is 1.89 bits per heavy atom. The predicted octanol–water partition coefficient (Wildman–Crippen LogP) is 2.78. The van der Waals surface area contributed by atoms with E-state index in [1.165, 1.54) is 11.3 Å². The topological polar surface area (TPSA) is 44.8 Å². The van der Waals surface area contributed by atoms with Gasteiger partial charge in [-0.25, -0.2) is 0 Å². The first kappa shape index (κ1) is 19.4. The van der Waals surface area contributed by atoms with Crippen molar-refractivity contribution in [3.05, 3.63) is 65.7 Å². The van der Waals surface area contributed by atoms with Crippen molar-refractivity contribution in [3.63, 3.8) is 0 Å². The fourth-order valence-corrected chi connectivity index (χ4v) is 3.26. The smallest absolute Gasteiger partial charge is 0.251 e. The highest BCUT2D eigenvalue weighted by Gasteiger charge is 2.12. The van der Waals surface area contributed by atoms with Crippen molar-refractivity contribution in [1.82, 2.24) is 10.2 Å². The molecular weight excluding hydrogens is 338 g/mol. The second-order valence-electron chi connectivity index (χ2n) is 6.96. The summed E-state index contributed by atoms with van der Waals surface area (Å²) in [5, 5.41) is 3.04. The van der Waals surface area contributed by atoms with Crippen LogP contribution in [-0.2, 0) is 11.3 Å². The zero-order valence-corrected chi connectivity index (χ0v) is 16.1. The number of para-hydroxylation sites is 1. The maximum absolute atomic E-state index is 12.4. The largest absolute Gasteiger partial charge is 0.379 e. The Kier molecular flexibility index (Phi) is 7.25. The van der Waals surface area contributed by atoms with Crippen molar-refractivity contribution in [2.24, 2.45) is 0 Å². The van der Waals surface area contributed by atoms with E-state index >= 15 is 0 Å². The Bertz CT molecular complexity index is 715. The Labute approximate surface area is 161 Å². The molecule has 0 saturated carbocycles. The van der Waals surface area contributed by atoms with Gasteiger partial charge in [-0.15, -0.1) is 0 Å². The highest BCUT2D eigenvalue weighted by molar-refractivity contribution is 5.94. The molecule has 5 heteroatoms. The summed E-state index contributed by atoms with van der Waals surface area (Å²) in [7, 11) is 2.08. The first-order valence-corrected chi connectivity index (χ1v) is 9.66. The van der Waals surface area contributed by atoms with Crippen LogP contribution < -0.4 is 10.2 Å². The fraction of sp³-hybridized carbons (Fsp3) is 0.409. The van der Waals surface area contributed by atoms with Gasteiger partial charge in [0, 0.05) is 51.0 Å². The number of benzene rings is 2. The summed E-state index contributed by atoms with van der Waals surface area (Å²) in [4.78, 5) is 17.0. The molecule has 1 amide bonds. The molecule has 1 heterocycles. The van der Waals surface area contributed by atoms with Gasteiger partial charge in [0.2, 0.25) is 0 Å². The molecule has 27 heavy (non-hydrogen) atoms. The fourth-order valence-electron chi connectivity index (χ4n) is 3.26. The number of amides is 1. The number of morpholine rings is 1. The average Bonchev–Trinajstić information content (AvgIpc) is 2.72. The monoisotopic (exact) mass is 367 g/mol. The van der Waals surface area contributed by atoms with Crippen LogP contribution in [0.1, 0.15) is 22.3 Å². The SMILES string of the molecule is CN(CCCNC(=O)c1cccc(CN2CCOCC2)c1)c1ccccc1. The lowest BCUT2D eigenvalue weighted by Crippen LogP contribution is -2.35. The highest BCUT2D eigenvalue weighted by atomic mass is 16.5. The third-order valence-electron chi connectivity index (χ3n) is 4.85. The quantitative estimate of drug-likeness (QED) is 0.729. The maximum Gasteiger partial charge on any atom is 0.251 e. The molecule has 2 aromatic rings. The number of nitrogens with one attached hydrogen (secondary N) is 1. The van der Waals surface area contributed by atoms with E-state index in [4.69, 9.17) is 4.74 Å². The van der Waals surface area contributed by atoms with Gasteiger partial charge in [-0.05, 0) is 36.2 Å². The minimum Gasteiger partial charge on any atom is -0.379 e. The molecule has 0 unspecified atom stereocenters. The molecule has 1 aliphatic heterocycles. The standard InChI is InChI=1S/C22H29N3O2/c1-24(21-9-3-2-4-10-21)12-6-11-23-22(26)20-8-5-7-19(17-20)18-25-13-15-27-16-14-25/h2-5,7-10,17H,6,11-16,18H2,1H3,(H,23,26). The van der Waals surface area contributed by atoms with Crippen LogP contribution in [0.5, 0.6) is 0 Å². The Morgan fingerprint density at radius 1 is 1.11 bits per heavy atom. The number of hydrogen-bond acceptors (Lipinski definition) is 4. The number of rotatable bonds is 8. The van der Waals surface area contributed by atoms with Gasteiger partial charge in [0.05, 0.1) is 13.2 Å². The number of hydrogen-bond donors (Lipinski definition) is 1. The van der Waals surface area contributed by atoms with Crippen LogP contribution in [-0.4, -0.2) is 57.2 Å². The van der Waals surface area contributed by atoms with Gasteiger partial charge in [0.1, 0.15) is 0 Å². The van der Waals surface area contributed by atoms with Gasteiger partial charge in [-0.1, -0.05) is 30.3 Å². The van der Waals surface area contributed by atoms with E-state index < -0.39 is 0 Å². The maximum atomic E-state index is 12.4. The molecule has 1 fully saturated rings. The molecule has 1 N–H and O–H groups in total. The van der Waals surface area contributed by atoms with Gasteiger partial charge in [0.25, 0.3) is 5.91 Å². The van der Waals surface area contributed by atoms with E-state index in [1.54, 1.807) is 0 Å². The van der Waals surface area contributed by atoms with E-state index in [2.05, 4.69) is 40.4 Å². The molecule has 1 saturated heterocycles. The number of carbonyl (C=O) groups is 1. The van der Waals surface area contributed by atoms with Gasteiger partial charge >= 0.3 is 0 Å². The highest BCUT2D eigenvalue weighted by Crippen LogP contribution is 2.12. The van der Waals surface area contributed by atoms with Gasteiger partial charge in [0.15, 0.2) is 0 Å². The third-order valence-corrected chi connectivity index (χ3v) is 4.85. The zero-order valence-electron chi connectivity index (χ0n) is 16.1. The molecule has 0 radical (unpaired) electrons. The van der Waals surface area contributed by atoms with Crippen molar-refractivity contribution in [2.75, 3.05) is 51.3 Å². The van der Waals surface area contributed by atoms with E-state index in [0.717, 1.165) is 51.4 Å². The molecule has 0 spiro atoms. The van der Waals surface area contributed by atoms with E-state index in [1.807, 2.05) is 36.4 Å². The predicted molar refractivity (Wildman–Crippen MR) is 109 cm³/mol. The molecule has 0 aromatic heterocycles. The summed E-state index contributed by atoms with van der Waals surface area (Å²) in [5.41, 5.74) is 3.10. The second-order valence-corrected chi connectivity index (χ2v) is 6.96. The summed E-state index contributed by atoms with van der Waals surface area (Å²) in [5.74, 6) is 0.00110. The minimum atomic E-state index is 0.00110. The minimum absolute atomic E-state index is 0.00110. The van der Waals surface area contributed by atoms with Crippen LogP contribution in [0, 0.1) is 0 Å². The van der Waals surface area contributed by atoms with Crippen molar-refractivity contribution >= 4 is 11.6 Å². The molecular formula is C22H29N3O2. The van der Waals surface area contributed by atoms with E-state index in [9.17, 15) is 4.79 Å². The van der Waals surface area contributed by atoms with Crippen molar-refractivity contribution in [1.29, 1.82) is 0 Å². The normalized spacial score (nSPS) is 14.7. The lowest BCUT2D eigenvalue weighted by Gasteiger charge is -2.26. The molecule has 0 bridgehead atoms. The van der Waals surface area contributed by atoms with Crippen LogP contribution in [0.2, 0.25) is 0 Å². The molecule has 5 nitrogen and oxygen atoms in total. The van der Waals surface area contributed by atoms with Gasteiger partial charge < -0.3 is 15.0 Å². The van der Waals surface area contributed by atoms with E-state index in [0.29, 0.717) is 6.54 Å². The van der Waals surface area contributed by atoms with Crippen molar-refractivity contribution in [2.45, 2.75) is 13.0 Å². The van der Waals surface area contributed by atoms with Crippen LogP contribution in [0.15, 0.2) is 54.6 Å². The summed E-state index contributed by atoms with van der Waals surface area (Å²) in [6.45, 7) is 5.92. The number of ether oxygens (including phenoxy) is 1. The Morgan fingerprint density at radius 3 is 2.67 bits per heavy atom. The lowest BCUT2D eigenvalue weighted by atomic mass is 10.1. The van der Waals surface area contributed by atoms with Crippen LogP contribution in [0.4, 0.5) is 5.69 Å². The molecule has 1 aliphatic rings. The van der Waals surface area contributed by atoms with Crippen LogP contribution in [0.25, 0.3) is 0 Å². The number of carbonyl (C=O) groups excluding carboxylic acids is 1. The van der Waals surface area contributed by atoms with Crippen LogP contribution >= 0.6 is 0 Å². The second kappa shape index (κ2) is 10.1. The number of nitrogens with zero attached hydrogens (tertiary/aromatic N) is 2. The summed E-state index contributed by atoms with van der Waals surface area (Å²) < 4.78 is 5.39. The first-order valence-electron chi connectivity index (χ1n) is 9.66. The lowest BCUT2D eigenvalue weighted by molar-refractivity contribution is 0.0342. The zero-order chi connectivity index (χ0) is 18.9. The van der Waals surface area contributed by atoms with Crippen molar-refractivity contribution < 1.29 is 9.53 Å². The summed E-state index contributed by atoms with van der Waals surface area (Å²) >= 11 is 0. The molecule has 144 valence electrons. The summed E-state index contributed by atoms with van der Waals surface area (Å²) in [6, 6.07) is 18.2. The Hall–Kier alpha value is -2.37. The molecule has 0 aliphatic carbocycles. The van der Waals surface area contributed by atoms with Crippen molar-refractivity contribution in [3.8, 4) is 0 Å². The molecule has 0 atom stereocenters. The van der Waals surface area contributed by atoms with Crippen LogP contribution in [0.3, 0.4) is 0 Å². The Balaban J connectivity index is 1.43. The summed E-state index contributed by atoms with van der Waals surface area (Å²) in [6.07, 6.45) is 0.907. The molecule has 2 aromatic carbocycles. The number of anilines is 1. The first-order chi connectivity index (χ1) is 13.2. The third kappa shape index (κ3) is 6.08. The van der Waals surface area contributed by atoms with E-state index in [-0.39, 0.29) is 5.91 Å².